The summed E-state index contributed by atoms with van der Waals surface area (Å²) in [6.45, 7) is 4.68. The van der Waals surface area contributed by atoms with Gasteiger partial charge in [0.05, 0.1) is 5.56 Å². The largest absolute Gasteiger partial charge is 0.409 e. The predicted molar refractivity (Wildman–Crippen MR) is 80.6 cm³/mol. The molecule has 0 saturated heterocycles. The number of anilines is 2. The molecule has 2 rings (SSSR count). The van der Waals surface area contributed by atoms with Crippen molar-refractivity contribution >= 4 is 17.3 Å². The minimum Gasteiger partial charge on any atom is -0.409 e. The van der Waals surface area contributed by atoms with Crippen LogP contribution in [0.5, 0.6) is 0 Å². The third kappa shape index (κ3) is 2.71. The Kier molecular flexibility index (Phi) is 4.20. The van der Waals surface area contributed by atoms with Crippen LogP contribution in [0.4, 0.5) is 11.5 Å². The average molecular weight is 270 g/mol. The van der Waals surface area contributed by atoms with Gasteiger partial charge in [-0.15, -0.1) is 0 Å². The SMILES string of the molecule is CCN(c1ccccc1)c1nc(C)ccc1C(N)=NO. The highest BCUT2D eigenvalue weighted by atomic mass is 16.4. The Balaban J connectivity index is 2.57. The zero-order valence-corrected chi connectivity index (χ0v) is 11.6. The van der Waals surface area contributed by atoms with E-state index in [1.165, 1.54) is 0 Å². The third-order valence-electron chi connectivity index (χ3n) is 3.04. The van der Waals surface area contributed by atoms with Gasteiger partial charge in [0.2, 0.25) is 0 Å². The highest BCUT2D eigenvalue weighted by Crippen LogP contribution is 2.26. The van der Waals surface area contributed by atoms with Gasteiger partial charge in [-0.2, -0.15) is 0 Å². The van der Waals surface area contributed by atoms with Crippen molar-refractivity contribution in [2.24, 2.45) is 10.9 Å². The summed E-state index contributed by atoms with van der Waals surface area (Å²) in [4.78, 5) is 6.57. The monoisotopic (exact) mass is 270 g/mol. The molecule has 0 bridgehead atoms. The average Bonchev–Trinajstić information content (AvgIpc) is 2.48. The Bertz CT molecular complexity index is 611. The quantitative estimate of drug-likeness (QED) is 0.387. The van der Waals surface area contributed by atoms with Crippen LogP contribution in [0, 0.1) is 6.92 Å². The fourth-order valence-electron chi connectivity index (χ4n) is 2.07. The number of hydrogen-bond donors (Lipinski definition) is 2. The molecule has 5 nitrogen and oxygen atoms in total. The Morgan fingerprint density at radius 3 is 2.55 bits per heavy atom. The standard InChI is InChI=1S/C15H18N4O/c1-3-19(12-7-5-4-6-8-12)15-13(14(16)18-20)10-9-11(2)17-15/h4-10,20H,3H2,1-2H3,(H2,16,18). The first-order chi connectivity index (χ1) is 9.67. The number of aryl methyl sites for hydroxylation is 1. The van der Waals surface area contributed by atoms with Gasteiger partial charge < -0.3 is 15.8 Å². The first-order valence-corrected chi connectivity index (χ1v) is 6.45. The second-order valence-electron chi connectivity index (χ2n) is 4.39. The van der Waals surface area contributed by atoms with E-state index in [-0.39, 0.29) is 5.84 Å². The number of aromatic nitrogens is 1. The molecule has 1 aromatic carbocycles. The minimum atomic E-state index is 0.0573. The van der Waals surface area contributed by atoms with Crippen LogP contribution in [0.3, 0.4) is 0 Å². The van der Waals surface area contributed by atoms with Crippen molar-refractivity contribution in [1.29, 1.82) is 0 Å². The fourth-order valence-corrected chi connectivity index (χ4v) is 2.07. The third-order valence-corrected chi connectivity index (χ3v) is 3.04. The van der Waals surface area contributed by atoms with Crippen LogP contribution in [0.15, 0.2) is 47.6 Å². The van der Waals surface area contributed by atoms with Crippen molar-refractivity contribution in [1.82, 2.24) is 4.98 Å². The number of hydrogen-bond acceptors (Lipinski definition) is 4. The first kappa shape index (κ1) is 13.9. The number of oxime groups is 1. The van der Waals surface area contributed by atoms with Crippen molar-refractivity contribution in [2.45, 2.75) is 13.8 Å². The van der Waals surface area contributed by atoms with Gasteiger partial charge in [0, 0.05) is 17.9 Å². The molecule has 0 aliphatic heterocycles. The Morgan fingerprint density at radius 2 is 1.95 bits per heavy atom. The van der Waals surface area contributed by atoms with E-state index >= 15 is 0 Å². The molecule has 1 aromatic heterocycles. The number of nitrogens with two attached hydrogens (primary N) is 1. The topological polar surface area (TPSA) is 74.7 Å². The number of rotatable bonds is 4. The van der Waals surface area contributed by atoms with E-state index in [1.54, 1.807) is 0 Å². The second kappa shape index (κ2) is 6.06. The Labute approximate surface area is 118 Å². The molecular weight excluding hydrogens is 252 g/mol. The van der Waals surface area contributed by atoms with Crippen molar-refractivity contribution < 1.29 is 5.21 Å². The summed E-state index contributed by atoms with van der Waals surface area (Å²) in [5.74, 6) is 0.746. The lowest BCUT2D eigenvalue weighted by Crippen LogP contribution is -2.24. The molecule has 104 valence electrons. The molecule has 0 fully saturated rings. The molecule has 0 saturated carbocycles. The zero-order valence-electron chi connectivity index (χ0n) is 11.6. The Morgan fingerprint density at radius 1 is 1.25 bits per heavy atom. The molecule has 0 aliphatic carbocycles. The molecular formula is C15H18N4O. The highest BCUT2D eigenvalue weighted by molar-refractivity contribution is 6.02. The summed E-state index contributed by atoms with van der Waals surface area (Å²) in [5, 5.41) is 12.0. The lowest BCUT2D eigenvalue weighted by atomic mass is 10.2. The molecule has 3 N–H and O–H groups in total. The molecule has 5 heteroatoms. The van der Waals surface area contributed by atoms with Crippen molar-refractivity contribution in [2.75, 3.05) is 11.4 Å². The van der Waals surface area contributed by atoms with Gasteiger partial charge in [0.15, 0.2) is 5.84 Å². The molecule has 0 atom stereocenters. The number of para-hydroxylation sites is 1. The second-order valence-corrected chi connectivity index (χ2v) is 4.39. The molecule has 0 unspecified atom stereocenters. The summed E-state index contributed by atoms with van der Waals surface area (Å²) in [6.07, 6.45) is 0. The van der Waals surface area contributed by atoms with E-state index < -0.39 is 0 Å². The summed E-state index contributed by atoms with van der Waals surface area (Å²) in [6, 6.07) is 13.6. The van der Waals surface area contributed by atoms with Crippen LogP contribution in [0.1, 0.15) is 18.2 Å². The first-order valence-electron chi connectivity index (χ1n) is 6.45. The molecule has 0 amide bonds. The Hall–Kier alpha value is -2.56. The summed E-state index contributed by atoms with van der Waals surface area (Å²) in [7, 11) is 0. The van der Waals surface area contributed by atoms with E-state index in [0.29, 0.717) is 11.4 Å². The molecule has 2 aromatic rings. The number of nitrogens with zero attached hydrogens (tertiary/aromatic N) is 3. The van der Waals surface area contributed by atoms with Crippen LogP contribution >= 0.6 is 0 Å². The van der Waals surface area contributed by atoms with Crippen LogP contribution in [0.25, 0.3) is 0 Å². The van der Waals surface area contributed by atoms with Crippen molar-refractivity contribution in [3.05, 3.63) is 53.7 Å². The van der Waals surface area contributed by atoms with Gasteiger partial charge in [-0.05, 0) is 38.1 Å². The lowest BCUT2D eigenvalue weighted by Gasteiger charge is -2.24. The number of benzene rings is 1. The molecule has 1 heterocycles. The molecule has 0 aliphatic rings. The van der Waals surface area contributed by atoms with Gasteiger partial charge in [-0.25, -0.2) is 4.98 Å². The summed E-state index contributed by atoms with van der Waals surface area (Å²) >= 11 is 0. The van der Waals surface area contributed by atoms with Gasteiger partial charge in [0.1, 0.15) is 5.82 Å². The predicted octanol–water partition coefficient (Wildman–Crippen LogP) is 2.64. The van der Waals surface area contributed by atoms with E-state index in [4.69, 9.17) is 10.9 Å². The minimum absolute atomic E-state index is 0.0573. The highest BCUT2D eigenvalue weighted by Gasteiger charge is 2.16. The fraction of sp³-hybridized carbons (Fsp3) is 0.200. The lowest BCUT2D eigenvalue weighted by molar-refractivity contribution is 0.318. The van der Waals surface area contributed by atoms with Gasteiger partial charge >= 0.3 is 0 Å². The van der Waals surface area contributed by atoms with Gasteiger partial charge in [-0.3, -0.25) is 0 Å². The van der Waals surface area contributed by atoms with E-state index in [9.17, 15) is 0 Å². The summed E-state index contributed by atoms with van der Waals surface area (Å²) in [5.41, 5.74) is 8.26. The summed E-state index contributed by atoms with van der Waals surface area (Å²) < 4.78 is 0. The number of pyridine rings is 1. The number of amidine groups is 1. The molecule has 20 heavy (non-hydrogen) atoms. The molecule has 0 radical (unpaired) electrons. The van der Waals surface area contributed by atoms with E-state index in [0.717, 1.165) is 17.9 Å². The van der Waals surface area contributed by atoms with E-state index in [1.807, 2.05) is 61.2 Å². The van der Waals surface area contributed by atoms with Crippen LogP contribution < -0.4 is 10.6 Å². The van der Waals surface area contributed by atoms with Crippen molar-refractivity contribution in [3.8, 4) is 0 Å². The van der Waals surface area contributed by atoms with Crippen molar-refractivity contribution in [3.63, 3.8) is 0 Å². The smallest absolute Gasteiger partial charge is 0.173 e. The maximum Gasteiger partial charge on any atom is 0.173 e. The molecule has 0 spiro atoms. The maximum absolute atomic E-state index is 8.92. The van der Waals surface area contributed by atoms with Gasteiger partial charge in [-0.1, -0.05) is 23.4 Å². The van der Waals surface area contributed by atoms with Crippen LogP contribution in [-0.2, 0) is 0 Å². The van der Waals surface area contributed by atoms with Crippen LogP contribution in [-0.4, -0.2) is 22.6 Å². The van der Waals surface area contributed by atoms with E-state index in [2.05, 4.69) is 10.1 Å². The van der Waals surface area contributed by atoms with Crippen LogP contribution in [0.2, 0.25) is 0 Å². The van der Waals surface area contributed by atoms with Gasteiger partial charge in [0.25, 0.3) is 0 Å². The zero-order chi connectivity index (χ0) is 14.5. The maximum atomic E-state index is 8.92. The normalized spacial score (nSPS) is 11.4.